The molecule has 13 heavy (non-hydrogen) atoms. The van der Waals surface area contributed by atoms with Gasteiger partial charge in [-0.25, -0.2) is 0 Å². The van der Waals surface area contributed by atoms with E-state index in [1.54, 1.807) is 0 Å². The molecule has 0 amide bonds. The van der Waals surface area contributed by atoms with Gasteiger partial charge < -0.3 is 5.11 Å². The van der Waals surface area contributed by atoms with Gasteiger partial charge in [-0.3, -0.25) is 0 Å². The molecule has 68 valence electrons. The summed E-state index contributed by atoms with van der Waals surface area (Å²) in [4.78, 5) is 0. The molecule has 0 fully saturated rings. The average molecular weight is 174 g/mol. The lowest BCUT2D eigenvalue weighted by molar-refractivity contribution is 0.0726. The summed E-state index contributed by atoms with van der Waals surface area (Å²) in [7, 11) is 0. The molecule has 1 atom stereocenters. The predicted octanol–water partition coefficient (Wildman–Crippen LogP) is 2.61. The van der Waals surface area contributed by atoms with Crippen molar-refractivity contribution in [3.63, 3.8) is 0 Å². The summed E-state index contributed by atoms with van der Waals surface area (Å²) in [6, 6.07) is 9.87. The standard InChI is InChI=1S/C12H14O/c13-12(9-5-2-6-10-12)11-7-3-1-4-8-11/h1,3-5,7-9,13H,2,6,10H2/t12-/m1/s1. The van der Waals surface area contributed by atoms with Crippen molar-refractivity contribution in [2.45, 2.75) is 24.9 Å². The Kier molecular flexibility index (Phi) is 2.19. The quantitative estimate of drug-likeness (QED) is 0.649. The minimum Gasteiger partial charge on any atom is -0.381 e. The summed E-state index contributed by atoms with van der Waals surface area (Å²) in [5.41, 5.74) is 0.297. The molecular formula is C12H14O. The molecule has 0 saturated heterocycles. The van der Waals surface area contributed by atoms with Crippen LogP contribution in [0.1, 0.15) is 24.8 Å². The van der Waals surface area contributed by atoms with Crippen LogP contribution in [0.3, 0.4) is 0 Å². The molecule has 1 aliphatic carbocycles. The molecule has 0 heterocycles. The van der Waals surface area contributed by atoms with Crippen LogP contribution in [0, 0.1) is 0 Å². The van der Waals surface area contributed by atoms with Crippen LogP contribution >= 0.6 is 0 Å². The fraction of sp³-hybridized carbons (Fsp3) is 0.333. The van der Waals surface area contributed by atoms with Gasteiger partial charge in [-0.05, 0) is 24.8 Å². The molecule has 0 aliphatic heterocycles. The topological polar surface area (TPSA) is 20.2 Å². The van der Waals surface area contributed by atoms with Crippen LogP contribution < -0.4 is 0 Å². The second-order valence-electron chi connectivity index (χ2n) is 3.58. The van der Waals surface area contributed by atoms with Gasteiger partial charge in [0.15, 0.2) is 0 Å². The number of benzene rings is 1. The minimum atomic E-state index is -0.709. The Bertz CT molecular complexity index is 302. The molecule has 0 bridgehead atoms. The summed E-state index contributed by atoms with van der Waals surface area (Å²) in [5, 5.41) is 10.3. The highest BCUT2D eigenvalue weighted by Gasteiger charge is 2.26. The maximum absolute atomic E-state index is 10.3. The molecule has 1 aromatic carbocycles. The van der Waals surface area contributed by atoms with Crippen molar-refractivity contribution in [2.75, 3.05) is 0 Å². The number of hydrogen-bond acceptors (Lipinski definition) is 1. The van der Waals surface area contributed by atoms with Crippen LogP contribution in [0.2, 0.25) is 0 Å². The number of allylic oxidation sites excluding steroid dienone is 1. The molecule has 2 rings (SSSR count). The van der Waals surface area contributed by atoms with Crippen molar-refractivity contribution < 1.29 is 5.11 Å². The van der Waals surface area contributed by atoms with Crippen LogP contribution in [0.15, 0.2) is 42.5 Å². The Morgan fingerprint density at radius 1 is 1.15 bits per heavy atom. The van der Waals surface area contributed by atoms with Crippen molar-refractivity contribution in [1.82, 2.24) is 0 Å². The van der Waals surface area contributed by atoms with Crippen molar-refractivity contribution >= 4 is 0 Å². The molecule has 1 aliphatic rings. The average Bonchev–Trinajstić information content (AvgIpc) is 2.20. The normalized spacial score (nSPS) is 27.5. The Labute approximate surface area is 78.7 Å². The van der Waals surface area contributed by atoms with E-state index in [-0.39, 0.29) is 0 Å². The zero-order valence-electron chi connectivity index (χ0n) is 7.61. The molecule has 1 aromatic rings. The molecular weight excluding hydrogens is 160 g/mol. The minimum absolute atomic E-state index is 0.709. The Morgan fingerprint density at radius 3 is 2.54 bits per heavy atom. The lowest BCUT2D eigenvalue weighted by atomic mass is 9.85. The summed E-state index contributed by atoms with van der Waals surface area (Å²) in [5.74, 6) is 0. The maximum Gasteiger partial charge on any atom is 0.108 e. The van der Waals surface area contributed by atoms with E-state index in [0.717, 1.165) is 24.8 Å². The molecule has 0 saturated carbocycles. The first-order valence-electron chi connectivity index (χ1n) is 4.77. The van der Waals surface area contributed by atoms with Crippen molar-refractivity contribution in [2.24, 2.45) is 0 Å². The van der Waals surface area contributed by atoms with E-state index in [1.807, 2.05) is 36.4 Å². The lowest BCUT2D eigenvalue weighted by Crippen LogP contribution is -2.24. The molecule has 1 N–H and O–H groups in total. The van der Waals surface area contributed by atoms with Crippen molar-refractivity contribution in [1.29, 1.82) is 0 Å². The van der Waals surface area contributed by atoms with Crippen LogP contribution in [-0.2, 0) is 5.60 Å². The molecule has 0 spiro atoms. The lowest BCUT2D eigenvalue weighted by Gasteiger charge is -2.27. The van der Waals surface area contributed by atoms with Gasteiger partial charge in [0.2, 0.25) is 0 Å². The number of hydrogen-bond donors (Lipinski definition) is 1. The van der Waals surface area contributed by atoms with E-state index in [9.17, 15) is 5.11 Å². The highest BCUT2D eigenvalue weighted by atomic mass is 16.3. The van der Waals surface area contributed by atoms with E-state index in [2.05, 4.69) is 6.08 Å². The third-order valence-electron chi connectivity index (χ3n) is 2.60. The summed E-state index contributed by atoms with van der Waals surface area (Å²) < 4.78 is 0. The van der Waals surface area contributed by atoms with Crippen LogP contribution in [0.4, 0.5) is 0 Å². The van der Waals surface area contributed by atoms with Gasteiger partial charge >= 0.3 is 0 Å². The van der Waals surface area contributed by atoms with Gasteiger partial charge in [-0.2, -0.15) is 0 Å². The van der Waals surface area contributed by atoms with E-state index >= 15 is 0 Å². The van der Waals surface area contributed by atoms with E-state index in [4.69, 9.17) is 0 Å². The van der Waals surface area contributed by atoms with Gasteiger partial charge in [-0.15, -0.1) is 0 Å². The zero-order chi connectivity index (χ0) is 9.15. The third-order valence-corrected chi connectivity index (χ3v) is 2.60. The zero-order valence-corrected chi connectivity index (χ0v) is 7.61. The van der Waals surface area contributed by atoms with Gasteiger partial charge in [0.05, 0.1) is 0 Å². The van der Waals surface area contributed by atoms with Crippen LogP contribution in [0.5, 0.6) is 0 Å². The molecule has 1 heteroatoms. The van der Waals surface area contributed by atoms with Gasteiger partial charge in [0.1, 0.15) is 5.60 Å². The maximum atomic E-state index is 10.3. The van der Waals surface area contributed by atoms with Crippen LogP contribution in [0.25, 0.3) is 0 Å². The Balaban J connectivity index is 2.34. The fourth-order valence-electron chi connectivity index (χ4n) is 1.82. The monoisotopic (exact) mass is 174 g/mol. The van der Waals surface area contributed by atoms with Gasteiger partial charge in [0.25, 0.3) is 0 Å². The highest BCUT2D eigenvalue weighted by molar-refractivity contribution is 5.28. The third kappa shape index (κ3) is 1.65. The SMILES string of the molecule is O[C@]1(c2ccccc2)C=CCCC1. The van der Waals surface area contributed by atoms with E-state index < -0.39 is 5.60 Å². The molecule has 0 unspecified atom stereocenters. The van der Waals surface area contributed by atoms with Crippen molar-refractivity contribution in [3.8, 4) is 0 Å². The Hall–Kier alpha value is -1.08. The summed E-state index contributed by atoms with van der Waals surface area (Å²) >= 11 is 0. The second kappa shape index (κ2) is 3.35. The number of aliphatic hydroxyl groups is 1. The predicted molar refractivity (Wildman–Crippen MR) is 53.3 cm³/mol. The molecule has 0 radical (unpaired) electrons. The van der Waals surface area contributed by atoms with Crippen molar-refractivity contribution in [3.05, 3.63) is 48.0 Å². The smallest absolute Gasteiger partial charge is 0.108 e. The summed E-state index contributed by atoms with van der Waals surface area (Å²) in [6.45, 7) is 0. The van der Waals surface area contributed by atoms with Crippen LogP contribution in [-0.4, -0.2) is 5.11 Å². The molecule has 1 nitrogen and oxygen atoms in total. The van der Waals surface area contributed by atoms with Gasteiger partial charge in [0, 0.05) is 0 Å². The van der Waals surface area contributed by atoms with E-state index in [1.165, 1.54) is 0 Å². The molecule has 0 aromatic heterocycles. The first-order valence-corrected chi connectivity index (χ1v) is 4.77. The fourth-order valence-corrected chi connectivity index (χ4v) is 1.82. The number of rotatable bonds is 1. The summed E-state index contributed by atoms with van der Waals surface area (Å²) in [6.07, 6.45) is 6.99. The van der Waals surface area contributed by atoms with Gasteiger partial charge in [-0.1, -0.05) is 42.5 Å². The largest absolute Gasteiger partial charge is 0.381 e. The van der Waals surface area contributed by atoms with E-state index in [0.29, 0.717) is 0 Å². The highest BCUT2D eigenvalue weighted by Crippen LogP contribution is 2.31. The first-order chi connectivity index (χ1) is 6.31. The first kappa shape index (κ1) is 8.52. The Morgan fingerprint density at radius 2 is 1.92 bits per heavy atom. The second-order valence-corrected chi connectivity index (χ2v) is 3.58.